The van der Waals surface area contributed by atoms with Crippen LogP contribution in [0.5, 0.6) is 5.75 Å². The highest BCUT2D eigenvalue weighted by atomic mass is 35.5. The molecule has 0 aliphatic rings. The molecule has 0 bridgehead atoms. The summed E-state index contributed by atoms with van der Waals surface area (Å²) >= 11 is 40.2. The molecular formula is C9H3Cl7O2. The van der Waals surface area contributed by atoms with Crippen LogP contribution in [-0.4, -0.2) is 10.3 Å². The summed E-state index contributed by atoms with van der Waals surface area (Å²) < 4.78 is 3.09. The number of esters is 1. The van der Waals surface area contributed by atoms with Gasteiger partial charge in [0, 0.05) is 0 Å². The molecule has 2 nitrogen and oxygen atoms in total. The summed E-state index contributed by atoms with van der Waals surface area (Å²) in [5, 5.41) is -0.570. The second kappa shape index (κ2) is 6.01. The Morgan fingerprint density at radius 1 is 0.889 bits per heavy atom. The first-order valence-electron chi connectivity index (χ1n) is 4.19. The van der Waals surface area contributed by atoms with Gasteiger partial charge in [0.05, 0.1) is 15.1 Å². The molecule has 0 aliphatic carbocycles. The summed E-state index contributed by atoms with van der Waals surface area (Å²) in [6.07, 6.45) is 0. The van der Waals surface area contributed by atoms with Gasteiger partial charge in [-0.15, -0.1) is 0 Å². The van der Waals surface area contributed by atoms with Gasteiger partial charge in [0.2, 0.25) is 4.33 Å². The van der Waals surface area contributed by atoms with Crippen molar-refractivity contribution in [2.24, 2.45) is 0 Å². The van der Waals surface area contributed by atoms with Crippen LogP contribution in [-0.2, 0) is 4.79 Å². The van der Waals surface area contributed by atoms with Crippen molar-refractivity contribution in [2.75, 3.05) is 0 Å². The molecule has 1 aromatic carbocycles. The predicted octanol–water partition coefficient (Wildman–Crippen LogP) is 6.05. The molecule has 0 heterocycles. The van der Waals surface area contributed by atoms with Crippen LogP contribution in [0.15, 0.2) is 0 Å². The van der Waals surface area contributed by atoms with Gasteiger partial charge in [0.15, 0.2) is 5.75 Å². The molecular weight excluding hydrogens is 388 g/mol. The average Bonchev–Trinajstić information content (AvgIpc) is 2.28. The molecule has 1 aromatic rings. The number of hydrogen-bond acceptors (Lipinski definition) is 2. The van der Waals surface area contributed by atoms with Crippen molar-refractivity contribution in [1.82, 2.24) is 0 Å². The summed E-state index contributed by atoms with van der Waals surface area (Å²) in [6, 6.07) is 0. The summed E-state index contributed by atoms with van der Waals surface area (Å²) in [6.45, 7) is 1.22. The Labute approximate surface area is 138 Å². The van der Waals surface area contributed by atoms with Gasteiger partial charge in [-0.3, -0.25) is 0 Å². The number of carbonyl (C=O) groups excluding carboxylic acids is 1. The van der Waals surface area contributed by atoms with E-state index >= 15 is 0 Å². The zero-order valence-electron chi connectivity index (χ0n) is 8.46. The van der Waals surface area contributed by atoms with Gasteiger partial charge < -0.3 is 4.74 Å². The molecule has 1 rings (SSSR count). The molecule has 0 aromatic heterocycles. The highest BCUT2D eigenvalue weighted by Crippen LogP contribution is 2.48. The second-order valence-electron chi connectivity index (χ2n) is 3.18. The lowest BCUT2D eigenvalue weighted by Gasteiger charge is -2.16. The van der Waals surface area contributed by atoms with Gasteiger partial charge in [-0.05, 0) is 6.92 Å². The lowest BCUT2D eigenvalue weighted by Crippen LogP contribution is -2.27. The molecule has 0 saturated carbocycles. The first kappa shape index (κ1) is 16.8. The van der Waals surface area contributed by atoms with Crippen molar-refractivity contribution < 1.29 is 9.53 Å². The molecule has 18 heavy (non-hydrogen) atoms. The van der Waals surface area contributed by atoms with Crippen molar-refractivity contribution in [2.45, 2.75) is 11.3 Å². The Balaban J connectivity index is 3.31. The quantitative estimate of drug-likeness (QED) is 0.202. The third-order valence-electron chi connectivity index (χ3n) is 1.72. The fourth-order valence-corrected chi connectivity index (χ4v) is 2.13. The molecule has 100 valence electrons. The smallest absolute Gasteiger partial charge is 0.347 e. The van der Waals surface area contributed by atoms with Gasteiger partial charge in [-0.2, -0.15) is 0 Å². The maximum atomic E-state index is 11.5. The van der Waals surface area contributed by atoms with Crippen LogP contribution in [0.4, 0.5) is 0 Å². The number of alkyl halides is 2. The maximum Gasteiger partial charge on any atom is 0.347 e. The third kappa shape index (κ3) is 3.43. The summed E-state index contributed by atoms with van der Waals surface area (Å²) in [4.78, 5) is 11.5. The number of ether oxygens (including phenoxy) is 1. The summed E-state index contributed by atoms with van der Waals surface area (Å²) in [7, 11) is 0. The first-order valence-corrected chi connectivity index (χ1v) is 6.83. The van der Waals surface area contributed by atoms with Crippen LogP contribution in [0.1, 0.15) is 6.92 Å². The van der Waals surface area contributed by atoms with Crippen molar-refractivity contribution in [3.05, 3.63) is 25.1 Å². The zero-order chi connectivity index (χ0) is 14.2. The maximum absolute atomic E-state index is 11.5. The Bertz CT molecular complexity index is 478. The molecule has 0 atom stereocenters. The Morgan fingerprint density at radius 2 is 1.22 bits per heavy atom. The van der Waals surface area contributed by atoms with Gasteiger partial charge >= 0.3 is 5.97 Å². The van der Waals surface area contributed by atoms with E-state index in [-0.39, 0.29) is 30.9 Å². The molecule has 0 radical (unpaired) electrons. The minimum absolute atomic E-state index is 0.0485. The second-order valence-corrected chi connectivity index (χ2v) is 6.77. The van der Waals surface area contributed by atoms with Gasteiger partial charge in [-0.1, -0.05) is 81.2 Å². The normalized spacial score (nSPS) is 11.6. The van der Waals surface area contributed by atoms with Crippen molar-refractivity contribution >= 4 is 87.2 Å². The Hall–Kier alpha value is 0.720. The third-order valence-corrected chi connectivity index (χ3v) is 4.27. The molecule has 0 spiro atoms. The lowest BCUT2D eigenvalue weighted by atomic mass is 10.3. The van der Waals surface area contributed by atoms with E-state index in [4.69, 9.17) is 85.9 Å². The molecule has 0 aliphatic heterocycles. The van der Waals surface area contributed by atoms with E-state index in [0.717, 1.165) is 0 Å². The van der Waals surface area contributed by atoms with Gasteiger partial charge in [0.25, 0.3) is 0 Å². The molecule has 0 N–H and O–H groups in total. The predicted molar refractivity (Wildman–Crippen MR) is 77.2 cm³/mol. The molecule has 0 unspecified atom stereocenters. The van der Waals surface area contributed by atoms with Crippen LogP contribution >= 0.6 is 81.2 Å². The summed E-state index contributed by atoms with van der Waals surface area (Å²) in [5.74, 6) is -1.24. The van der Waals surface area contributed by atoms with Crippen LogP contribution in [0, 0.1) is 0 Å². The van der Waals surface area contributed by atoms with Crippen LogP contribution < -0.4 is 4.74 Å². The standard InChI is InChI=1S/C9H3Cl7O2/c1-9(15,16)8(17)18-7-5(13)3(11)2(10)4(12)6(7)14/h1H3. The molecule has 0 amide bonds. The minimum atomic E-state index is -1.77. The molecule has 0 saturated heterocycles. The number of rotatable bonds is 2. The number of benzene rings is 1. The zero-order valence-corrected chi connectivity index (χ0v) is 13.8. The van der Waals surface area contributed by atoms with E-state index in [0.29, 0.717) is 0 Å². The van der Waals surface area contributed by atoms with Gasteiger partial charge in [-0.25, -0.2) is 4.79 Å². The minimum Gasteiger partial charge on any atom is -0.421 e. The first-order chi connectivity index (χ1) is 8.07. The van der Waals surface area contributed by atoms with E-state index < -0.39 is 10.3 Å². The lowest BCUT2D eigenvalue weighted by molar-refractivity contribution is -0.134. The summed E-state index contributed by atoms with van der Waals surface area (Å²) in [5.41, 5.74) is 0. The fourth-order valence-electron chi connectivity index (χ4n) is 0.857. The van der Waals surface area contributed by atoms with Crippen LogP contribution in [0.3, 0.4) is 0 Å². The number of halogens is 7. The largest absolute Gasteiger partial charge is 0.421 e. The Morgan fingerprint density at radius 3 is 1.56 bits per heavy atom. The SMILES string of the molecule is CC(Cl)(Cl)C(=O)Oc1c(Cl)c(Cl)c(Cl)c(Cl)c1Cl. The molecule has 0 fully saturated rings. The highest BCUT2D eigenvalue weighted by Gasteiger charge is 2.32. The van der Waals surface area contributed by atoms with E-state index in [1.807, 2.05) is 0 Å². The van der Waals surface area contributed by atoms with Crippen molar-refractivity contribution in [3.8, 4) is 5.75 Å². The average molecular weight is 391 g/mol. The topological polar surface area (TPSA) is 26.3 Å². The fraction of sp³-hybridized carbons (Fsp3) is 0.222. The van der Waals surface area contributed by atoms with E-state index in [1.54, 1.807) is 0 Å². The van der Waals surface area contributed by atoms with Crippen molar-refractivity contribution in [1.29, 1.82) is 0 Å². The van der Waals surface area contributed by atoms with Crippen molar-refractivity contribution in [3.63, 3.8) is 0 Å². The number of carbonyl (C=O) groups is 1. The Kier molecular flexibility index (Phi) is 5.60. The van der Waals surface area contributed by atoms with E-state index in [2.05, 4.69) is 0 Å². The van der Waals surface area contributed by atoms with Crippen LogP contribution in [0.25, 0.3) is 0 Å². The molecule has 9 heteroatoms. The monoisotopic (exact) mass is 388 g/mol. The number of hydrogen-bond donors (Lipinski definition) is 0. The van der Waals surface area contributed by atoms with Gasteiger partial charge in [0.1, 0.15) is 10.0 Å². The van der Waals surface area contributed by atoms with Crippen LogP contribution in [0.2, 0.25) is 25.1 Å². The van der Waals surface area contributed by atoms with E-state index in [9.17, 15) is 4.79 Å². The van der Waals surface area contributed by atoms with E-state index in [1.165, 1.54) is 6.92 Å². The highest BCUT2D eigenvalue weighted by molar-refractivity contribution is 6.58.